The normalized spacial score (nSPS) is 12.9. The van der Waals surface area contributed by atoms with Crippen LogP contribution in [-0.4, -0.2) is 14.5 Å². The molecule has 0 amide bonds. The molecule has 0 aliphatic heterocycles. The molecule has 1 N–H and O–H groups in total. The van der Waals surface area contributed by atoms with Gasteiger partial charge < -0.3 is 0 Å². The Bertz CT molecular complexity index is 569. The van der Waals surface area contributed by atoms with Gasteiger partial charge in [0, 0.05) is 6.04 Å². The Morgan fingerprint density at radius 2 is 1.80 bits per heavy atom. The van der Waals surface area contributed by atoms with Gasteiger partial charge in [-0.15, -0.1) is 0 Å². The second-order valence-corrected chi connectivity index (χ2v) is 6.37. The van der Waals surface area contributed by atoms with Gasteiger partial charge in [-0.2, -0.15) is 13.2 Å². The molecule has 20 heavy (non-hydrogen) atoms. The number of rotatable bonds is 5. The second kappa shape index (κ2) is 6.32. The number of sulfonamides is 1. The number of benzene rings is 1. The number of hydrogen-bond acceptors (Lipinski definition) is 2. The molecule has 0 bridgehead atoms. The Balaban J connectivity index is 3.24. The summed E-state index contributed by atoms with van der Waals surface area (Å²) in [6, 6.07) is 1.89. The van der Waals surface area contributed by atoms with Crippen molar-refractivity contribution in [3.05, 3.63) is 28.8 Å². The van der Waals surface area contributed by atoms with Crippen molar-refractivity contribution in [2.24, 2.45) is 0 Å². The molecule has 0 aliphatic carbocycles. The molecule has 1 aromatic carbocycles. The maximum atomic E-state index is 12.6. The molecule has 8 heteroatoms. The van der Waals surface area contributed by atoms with E-state index >= 15 is 0 Å². The van der Waals surface area contributed by atoms with Crippen molar-refractivity contribution < 1.29 is 21.6 Å². The van der Waals surface area contributed by atoms with Gasteiger partial charge in [0.25, 0.3) is 0 Å². The summed E-state index contributed by atoms with van der Waals surface area (Å²) in [5.41, 5.74) is -1.05. The predicted molar refractivity (Wildman–Crippen MR) is 71.1 cm³/mol. The molecule has 0 unspecified atom stereocenters. The summed E-state index contributed by atoms with van der Waals surface area (Å²) < 4.78 is 64.4. The molecule has 0 radical (unpaired) electrons. The quantitative estimate of drug-likeness (QED) is 0.892. The van der Waals surface area contributed by atoms with Crippen LogP contribution in [0.3, 0.4) is 0 Å². The minimum Gasteiger partial charge on any atom is -0.208 e. The minimum absolute atomic E-state index is 0.239. The largest absolute Gasteiger partial charge is 0.416 e. The van der Waals surface area contributed by atoms with Gasteiger partial charge in [0.2, 0.25) is 10.0 Å². The second-order valence-electron chi connectivity index (χ2n) is 4.28. The van der Waals surface area contributed by atoms with Gasteiger partial charge in [-0.05, 0) is 31.0 Å². The SMILES string of the molecule is CCC(CC)NS(=O)(=O)c1cc(C(F)(F)F)ccc1Cl. The Kier molecular flexibility index (Phi) is 5.46. The van der Waals surface area contributed by atoms with Gasteiger partial charge in [-0.1, -0.05) is 25.4 Å². The Morgan fingerprint density at radius 3 is 2.25 bits per heavy atom. The molecule has 114 valence electrons. The number of halogens is 4. The van der Waals surface area contributed by atoms with E-state index in [9.17, 15) is 21.6 Å². The van der Waals surface area contributed by atoms with Gasteiger partial charge >= 0.3 is 6.18 Å². The first-order valence-electron chi connectivity index (χ1n) is 6.00. The molecule has 0 aromatic heterocycles. The topological polar surface area (TPSA) is 46.2 Å². The zero-order valence-electron chi connectivity index (χ0n) is 11.0. The molecule has 0 spiro atoms. The van der Waals surface area contributed by atoms with Crippen LogP contribution in [0.2, 0.25) is 5.02 Å². The smallest absolute Gasteiger partial charge is 0.208 e. The summed E-state index contributed by atoms with van der Waals surface area (Å²) in [7, 11) is -4.08. The van der Waals surface area contributed by atoms with Crippen molar-refractivity contribution in [1.82, 2.24) is 4.72 Å². The zero-order valence-corrected chi connectivity index (χ0v) is 12.5. The highest BCUT2D eigenvalue weighted by atomic mass is 35.5. The summed E-state index contributed by atoms with van der Waals surface area (Å²) in [5.74, 6) is 0. The molecule has 0 fully saturated rings. The maximum absolute atomic E-state index is 12.6. The first-order valence-corrected chi connectivity index (χ1v) is 7.87. The highest BCUT2D eigenvalue weighted by Gasteiger charge is 2.33. The Hall–Kier alpha value is -0.790. The summed E-state index contributed by atoms with van der Waals surface area (Å²) >= 11 is 5.71. The molecule has 3 nitrogen and oxygen atoms in total. The van der Waals surface area contributed by atoms with Crippen LogP contribution in [0.4, 0.5) is 13.2 Å². The van der Waals surface area contributed by atoms with Gasteiger partial charge in [0.15, 0.2) is 0 Å². The highest BCUT2D eigenvalue weighted by molar-refractivity contribution is 7.89. The average molecular weight is 330 g/mol. The highest BCUT2D eigenvalue weighted by Crippen LogP contribution is 2.33. The molecule has 0 atom stereocenters. The van der Waals surface area contributed by atoms with Crippen molar-refractivity contribution in [3.8, 4) is 0 Å². The lowest BCUT2D eigenvalue weighted by molar-refractivity contribution is -0.137. The van der Waals surface area contributed by atoms with Crippen molar-refractivity contribution in [2.45, 2.75) is 43.8 Å². The van der Waals surface area contributed by atoms with E-state index in [-0.39, 0.29) is 11.1 Å². The van der Waals surface area contributed by atoms with E-state index in [4.69, 9.17) is 11.6 Å². The van der Waals surface area contributed by atoms with E-state index in [1.54, 1.807) is 13.8 Å². The van der Waals surface area contributed by atoms with E-state index in [0.717, 1.165) is 12.1 Å². The third-order valence-electron chi connectivity index (χ3n) is 2.86. The predicted octanol–water partition coefficient (Wildman–Crippen LogP) is 3.83. The lowest BCUT2D eigenvalue weighted by atomic mass is 10.2. The summed E-state index contributed by atoms with van der Waals surface area (Å²) in [5, 5.41) is -0.239. The van der Waals surface area contributed by atoms with Crippen LogP contribution in [0, 0.1) is 0 Å². The zero-order chi connectivity index (χ0) is 15.6. The fourth-order valence-corrected chi connectivity index (χ4v) is 3.55. The van der Waals surface area contributed by atoms with Crippen LogP contribution in [0.1, 0.15) is 32.3 Å². The van der Waals surface area contributed by atoms with Gasteiger partial charge in [-0.3, -0.25) is 0 Å². The monoisotopic (exact) mass is 329 g/mol. The van der Waals surface area contributed by atoms with Crippen LogP contribution >= 0.6 is 11.6 Å². The molecular weight excluding hydrogens is 315 g/mol. The fourth-order valence-electron chi connectivity index (χ4n) is 1.62. The van der Waals surface area contributed by atoms with Gasteiger partial charge in [0.05, 0.1) is 10.6 Å². The van der Waals surface area contributed by atoms with Crippen LogP contribution in [0.15, 0.2) is 23.1 Å². The first kappa shape index (κ1) is 17.3. The Morgan fingerprint density at radius 1 is 1.25 bits per heavy atom. The van der Waals surface area contributed by atoms with E-state index in [0.29, 0.717) is 18.9 Å². The van der Waals surface area contributed by atoms with E-state index in [2.05, 4.69) is 4.72 Å². The third kappa shape index (κ3) is 4.10. The summed E-state index contributed by atoms with van der Waals surface area (Å²) in [6.45, 7) is 3.56. The Labute approximate surface area is 121 Å². The average Bonchev–Trinajstić information content (AvgIpc) is 2.34. The van der Waals surface area contributed by atoms with Crippen molar-refractivity contribution in [1.29, 1.82) is 0 Å². The van der Waals surface area contributed by atoms with Crippen LogP contribution in [0.5, 0.6) is 0 Å². The number of alkyl halides is 3. The summed E-state index contributed by atoms with van der Waals surface area (Å²) in [6.07, 6.45) is -3.55. The number of nitrogens with one attached hydrogen (secondary N) is 1. The molecule has 1 rings (SSSR count). The molecular formula is C12H15ClF3NO2S. The lowest BCUT2D eigenvalue weighted by Gasteiger charge is -2.16. The van der Waals surface area contributed by atoms with E-state index in [1.807, 2.05) is 0 Å². The van der Waals surface area contributed by atoms with Crippen molar-refractivity contribution >= 4 is 21.6 Å². The molecule has 0 saturated carbocycles. The number of hydrogen-bond donors (Lipinski definition) is 1. The minimum atomic E-state index is -4.62. The lowest BCUT2D eigenvalue weighted by Crippen LogP contribution is -2.34. The first-order chi connectivity index (χ1) is 9.11. The molecule has 1 aromatic rings. The molecule has 0 aliphatic rings. The van der Waals surface area contributed by atoms with Crippen LogP contribution in [-0.2, 0) is 16.2 Å². The maximum Gasteiger partial charge on any atom is 0.416 e. The standard InChI is InChI=1S/C12H15ClF3NO2S/c1-3-9(4-2)17-20(18,19)11-7-8(12(14,15)16)5-6-10(11)13/h5-7,9,17H,3-4H2,1-2H3. The van der Waals surface area contributed by atoms with Crippen molar-refractivity contribution in [3.63, 3.8) is 0 Å². The van der Waals surface area contributed by atoms with Crippen LogP contribution in [0.25, 0.3) is 0 Å². The third-order valence-corrected chi connectivity index (χ3v) is 4.86. The summed E-state index contributed by atoms with van der Waals surface area (Å²) in [4.78, 5) is -0.555. The van der Waals surface area contributed by atoms with Gasteiger partial charge in [-0.25, -0.2) is 13.1 Å². The van der Waals surface area contributed by atoms with E-state index < -0.39 is 26.7 Å². The van der Waals surface area contributed by atoms with Crippen molar-refractivity contribution in [2.75, 3.05) is 0 Å². The van der Waals surface area contributed by atoms with Crippen LogP contribution < -0.4 is 4.72 Å². The molecule has 0 saturated heterocycles. The van der Waals surface area contributed by atoms with E-state index in [1.165, 1.54) is 0 Å². The van der Waals surface area contributed by atoms with Gasteiger partial charge in [0.1, 0.15) is 4.90 Å². The molecule has 0 heterocycles. The fraction of sp³-hybridized carbons (Fsp3) is 0.500.